The lowest BCUT2D eigenvalue weighted by Crippen LogP contribution is -2.56. The number of benzene rings is 2. The molecule has 0 unspecified atom stereocenters. The van der Waals surface area contributed by atoms with E-state index in [1.807, 2.05) is 18.3 Å². The average molecular weight is 565 g/mol. The van der Waals surface area contributed by atoms with Crippen molar-refractivity contribution in [3.05, 3.63) is 76.8 Å². The largest absolute Gasteiger partial charge is 0.573 e. The van der Waals surface area contributed by atoms with E-state index in [0.717, 1.165) is 35.0 Å². The van der Waals surface area contributed by atoms with Gasteiger partial charge >= 0.3 is 6.36 Å². The van der Waals surface area contributed by atoms with Crippen LogP contribution in [0.15, 0.2) is 65.5 Å². The minimum absolute atomic E-state index is 0.0610. The molecule has 0 spiro atoms. The molecule has 1 aliphatic rings. The fourth-order valence-corrected chi connectivity index (χ4v) is 4.69. The number of imidazole rings is 1. The third-order valence-electron chi connectivity index (χ3n) is 6.23. The van der Waals surface area contributed by atoms with E-state index in [4.69, 9.17) is 0 Å². The molecular formula is C26H28BrF3N4O2. The van der Waals surface area contributed by atoms with Crippen molar-refractivity contribution in [1.29, 1.82) is 0 Å². The molecule has 1 saturated heterocycles. The Labute approximate surface area is 216 Å². The summed E-state index contributed by atoms with van der Waals surface area (Å²) in [5.41, 5.74) is 2.55. The Kier molecular flexibility index (Phi) is 8.35. The van der Waals surface area contributed by atoms with Gasteiger partial charge in [-0.15, -0.1) is 13.2 Å². The highest BCUT2D eigenvalue weighted by Crippen LogP contribution is 2.29. The molecule has 0 aliphatic carbocycles. The van der Waals surface area contributed by atoms with Crippen LogP contribution in [0.5, 0.6) is 5.75 Å². The van der Waals surface area contributed by atoms with Gasteiger partial charge in [0.1, 0.15) is 5.75 Å². The maximum Gasteiger partial charge on any atom is 0.573 e. The highest BCUT2D eigenvalue weighted by Gasteiger charge is 2.34. The molecule has 0 N–H and O–H groups in total. The van der Waals surface area contributed by atoms with Crippen LogP contribution in [0.25, 0.3) is 0 Å². The Morgan fingerprint density at radius 2 is 1.92 bits per heavy atom. The minimum atomic E-state index is -4.79. The van der Waals surface area contributed by atoms with Crippen LogP contribution in [0.3, 0.4) is 0 Å². The second-order valence-corrected chi connectivity index (χ2v) is 9.81. The average Bonchev–Trinajstić information content (AvgIpc) is 3.25. The topological polar surface area (TPSA) is 50.6 Å². The lowest BCUT2D eigenvalue weighted by atomic mass is 10.0. The van der Waals surface area contributed by atoms with Gasteiger partial charge in [0.25, 0.3) is 0 Å². The second kappa shape index (κ2) is 11.5. The van der Waals surface area contributed by atoms with Crippen LogP contribution in [0.4, 0.5) is 18.9 Å². The maximum atomic E-state index is 13.2. The van der Waals surface area contributed by atoms with Gasteiger partial charge in [0.2, 0.25) is 5.91 Å². The van der Waals surface area contributed by atoms with Crippen LogP contribution in [-0.4, -0.2) is 45.9 Å². The number of ether oxygens (including phenoxy) is 1. The molecule has 192 valence electrons. The Morgan fingerprint density at radius 1 is 1.14 bits per heavy atom. The molecule has 1 atom stereocenters. The number of aromatic nitrogens is 2. The first-order chi connectivity index (χ1) is 17.2. The number of carbonyl (C=O) groups is 1. The van der Waals surface area contributed by atoms with Crippen molar-refractivity contribution in [3.63, 3.8) is 0 Å². The van der Waals surface area contributed by atoms with Gasteiger partial charge in [-0.25, -0.2) is 4.98 Å². The van der Waals surface area contributed by atoms with Crippen molar-refractivity contribution in [2.24, 2.45) is 0 Å². The second-order valence-electron chi connectivity index (χ2n) is 8.89. The van der Waals surface area contributed by atoms with Crippen LogP contribution >= 0.6 is 15.9 Å². The predicted octanol–water partition coefficient (Wildman–Crippen LogP) is 6.00. The van der Waals surface area contributed by atoms with E-state index >= 15 is 0 Å². The van der Waals surface area contributed by atoms with Crippen molar-refractivity contribution in [3.8, 4) is 5.75 Å². The zero-order valence-corrected chi connectivity index (χ0v) is 21.5. The number of hydrogen-bond acceptors (Lipinski definition) is 4. The molecule has 2 aromatic carbocycles. The number of piperazine rings is 1. The van der Waals surface area contributed by atoms with Crippen LogP contribution in [0.2, 0.25) is 0 Å². The minimum Gasteiger partial charge on any atom is -0.406 e. The lowest BCUT2D eigenvalue weighted by molar-refractivity contribution is -0.274. The van der Waals surface area contributed by atoms with Gasteiger partial charge in [-0.1, -0.05) is 53.9 Å². The number of alkyl halides is 3. The number of rotatable bonds is 9. The van der Waals surface area contributed by atoms with E-state index in [1.165, 1.54) is 18.2 Å². The Bertz CT molecular complexity index is 1170. The molecule has 0 radical (unpaired) electrons. The molecule has 4 rings (SSSR count). The SMILES string of the molecule is CCCC[C@H]1CN(c2cccc(OC(F)(F)F)c2)C(=O)CN1Cc1cncn1Cc1ccc(Br)cc1. The highest BCUT2D eigenvalue weighted by molar-refractivity contribution is 9.10. The van der Waals surface area contributed by atoms with Crippen LogP contribution < -0.4 is 9.64 Å². The Balaban J connectivity index is 1.50. The molecule has 1 fully saturated rings. The standard InChI is InChI=1S/C26H28BrF3N4O2/c1-2-3-5-22-16-34(21-6-4-7-24(12-21)36-26(28,29)30)25(35)17-32(22)15-23-13-31-18-33(23)14-19-8-10-20(27)11-9-19/h4,6-13,18,22H,2-3,5,14-17H2,1H3/t22-/m0/s1. The normalized spacial score (nSPS) is 17.0. The van der Waals surface area contributed by atoms with Gasteiger partial charge < -0.3 is 14.2 Å². The lowest BCUT2D eigenvalue weighted by Gasteiger charge is -2.41. The first-order valence-electron chi connectivity index (χ1n) is 11.9. The fraction of sp³-hybridized carbons (Fsp3) is 0.385. The number of unbranched alkanes of at least 4 members (excludes halogenated alkanes) is 1. The first kappa shape index (κ1) is 26.2. The predicted molar refractivity (Wildman–Crippen MR) is 135 cm³/mol. The molecule has 0 saturated carbocycles. The third kappa shape index (κ3) is 6.88. The number of halogens is 4. The summed E-state index contributed by atoms with van der Waals surface area (Å²) < 4.78 is 45.2. The number of anilines is 1. The number of nitrogens with zero attached hydrogens (tertiary/aromatic N) is 4. The molecule has 3 aromatic rings. The van der Waals surface area contributed by atoms with Crippen molar-refractivity contribution in [2.75, 3.05) is 18.0 Å². The first-order valence-corrected chi connectivity index (χ1v) is 12.6. The highest BCUT2D eigenvalue weighted by atomic mass is 79.9. The number of carbonyl (C=O) groups excluding carboxylic acids is 1. The van der Waals surface area contributed by atoms with Crippen LogP contribution in [0.1, 0.15) is 37.4 Å². The summed E-state index contributed by atoms with van der Waals surface area (Å²) in [7, 11) is 0. The summed E-state index contributed by atoms with van der Waals surface area (Å²) in [6.45, 7) is 3.91. The number of hydrogen-bond donors (Lipinski definition) is 0. The number of amides is 1. The molecule has 6 nitrogen and oxygen atoms in total. The monoisotopic (exact) mass is 564 g/mol. The van der Waals surface area contributed by atoms with E-state index in [1.54, 1.807) is 17.3 Å². The molecule has 1 amide bonds. The van der Waals surface area contributed by atoms with Gasteiger partial charge in [0.05, 0.1) is 18.6 Å². The molecule has 1 aromatic heterocycles. The molecule has 1 aliphatic heterocycles. The van der Waals surface area contributed by atoms with E-state index in [9.17, 15) is 18.0 Å². The summed E-state index contributed by atoms with van der Waals surface area (Å²) in [4.78, 5) is 21.2. The molecule has 36 heavy (non-hydrogen) atoms. The smallest absolute Gasteiger partial charge is 0.406 e. The third-order valence-corrected chi connectivity index (χ3v) is 6.76. The Hall–Kier alpha value is -2.85. The van der Waals surface area contributed by atoms with Crippen molar-refractivity contribution >= 4 is 27.5 Å². The van der Waals surface area contributed by atoms with Crippen molar-refractivity contribution in [1.82, 2.24) is 14.5 Å². The zero-order chi connectivity index (χ0) is 25.7. The fourth-order valence-electron chi connectivity index (χ4n) is 4.43. The molecule has 10 heteroatoms. The zero-order valence-electron chi connectivity index (χ0n) is 19.9. The molecular weight excluding hydrogens is 537 g/mol. The van der Waals surface area contributed by atoms with E-state index in [-0.39, 0.29) is 24.2 Å². The van der Waals surface area contributed by atoms with E-state index < -0.39 is 6.36 Å². The van der Waals surface area contributed by atoms with Crippen molar-refractivity contribution in [2.45, 2.75) is 51.7 Å². The van der Waals surface area contributed by atoms with Gasteiger partial charge in [-0.05, 0) is 36.2 Å². The van der Waals surface area contributed by atoms with Crippen molar-refractivity contribution < 1.29 is 22.7 Å². The van der Waals surface area contributed by atoms with Gasteiger partial charge in [0, 0.05) is 48.1 Å². The van der Waals surface area contributed by atoms with E-state index in [2.05, 4.69) is 54.2 Å². The summed E-state index contributed by atoms with van der Waals surface area (Å²) in [5.74, 6) is -0.497. The van der Waals surface area contributed by atoms with Gasteiger partial charge in [-0.2, -0.15) is 0 Å². The summed E-state index contributed by atoms with van der Waals surface area (Å²) >= 11 is 3.46. The van der Waals surface area contributed by atoms with Crippen LogP contribution in [-0.2, 0) is 17.9 Å². The quantitative estimate of drug-likeness (QED) is 0.320. The molecule has 2 heterocycles. The van der Waals surface area contributed by atoms with Gasteiger partial charge in [0.15, 0.2) is 0 Å². The summed E-state index contributed by atoms with van der Waals surface area (Å²) in [6.07, 6.45) is 1.70. The van der Waals surface area contributed by atoms with E-state index in [0.29, 0.717) is 25.3 Å². The Morgan fingerprint density at radius 3 is 2.64 bits per heavy atom. The van der Waals surface area contributed by atoms with Gasteiger partial charge in [-0.3, -0.25) is 9.69 Å². The molecule has 0 bridgehead atoms. The summed E-state index contributed by atoms with van der Waals surface area (Å²) in [5, 5.41) is 0. The van der Waals surface area contributed by atoms with Crippen LogP contribution in [0, 0.1) is 0 Å². The maximum absolute atomic E-state index is 13.2. The summed E-state index contributed by atoms with van der Waals surface area (Å²) in [6, 6.07) is 13.8.